The fraction of sp³-hybridized carbons (Fsp3) is 0.438. The minimum absolute atomic E-state index is 0.682. The molecule has 0 radical (unpaired) electrons. The first-order valence-electron chi connectivity index (χ1n) is 7.30. The summed E-state index contributed by atoms with van der Waals surface area (Å²) in [5, 5.41) is 7.71. The molecule has 0 atom stereocenters. The molecule has 20 heavy (non-hydrogen) atoms. The summed E-state index contributed by atoms with van der Waals surface area (Å²) >= 11 is 1.77. The Morgan fingerprint density at radius 2 is 2.20 bits per heavy atom. The van der Waals surface area contributed by atoms with Crippen LogP contribution < -0.4 is 10.2 Å². The number of hydrogen-bond acceptors (Lipinski definition) is 4. The highest BCUT2D eigenvalue weighted by atomic mass is 32.1. The van der Waals surface area contributed by atoms with E-state index in [2.05, 4.69) is 51.1 Å². The van der Waals surface area contributed by atoms with Gasteiger partial charge in [-0.1, -0.05) is 13.0 Å². The van der Waals surface area contributed by atoms with Crippen LogP contribution >= 0.6 is 11.3 Å². The third-order valence-electron chi connectivity index (χ3n) is 3.60. The molecule has 4 heteroatoms. The topological polar surface area (TPSA) is 28.2 Å². The van der Waals surface area contributed by atoms with Crippen LogP contribution in [0.3, 0.4) is 0 Å². The van der Waals surface area contributed by atoms with Crippen LogP contribution in [-0.2, 0) is 13.1 Å². The minimum Gasteiger partial charge on any atom is -0.349 e. The number of anilines is 1. The summed E-state index contributed by atoms with van der Waals surface area (Å²) in [7, 11) is 0. The van der Waals surface area contributed by atoms with Crippen molar-refractivity contribution in [1.82, 2.24) is 10.3 Å². The highest BCUT2D eigenvalue weighted by Crippen LogP contribution is 2.32. The number of nitrogens with zero attached hydrogens (tertiary/aromatic N) is 2. The molecular formula is C16H21N3S. The van der Waals surface area contributed by atoms with E-state index in [1.807, 2.05) is 6.20 Å². The van der Waals surface area contributed by atoms with E-state index in [0.29, 0.717) is 6.04 Å². The lowest BCUT2D eigenvalue weighted by molar-refractivity contribution is 0.722. The molecule has 0 bridgehead atoms. The second-order valence-electron chi connectivity index (χ2n) is 5.30. The molecule has 1 aliphatic rings. The molecule has 106 valence electrons. The number of nitrogens with one attached hydrogen (secondary N) is 1. The number of aromatic nitrogens is 1. The van der Waals surface area contributed by atoms with Gasteiger partial charge in [-0.2, -0.15) is 11.3 Å². The summed E-state index contributed by atoms with van der Waals surface area (Å²) < 4.78 is 0. The van der Waals surface area contributed by atoms with Crippen LogP contribution in [0.4, 0.5) is 5.82 Å². The fourth-order valence-electron chi connectivity index (χ4n) is 2.32. The Balaban J connectivity index is 1.70. The summed E-state index contributed by atoms with van der Waals surface area (Å²) in [5.74, 6) is 1.11. The quantitative estimate of drug-likeness (QED) is 0.845. The predicted molar refractivity (Wildman–Crippen MR) is 85.1 cm³/mol. The Morgan fingerprint density at radius 3 is 2.80 bits per heavy atom. The van der Waals surface area contributed by atoms with Gasteiger partial charge in [0.2, 0.25) is 0 Å². The lowest BCUT2D eigenvalue weighted by atomic mass is 10.2. The molecule has 1 saturated carbocycles. The summed E-state index contributed by atoms with van der Waals surface area (Å²) in [6, 6.07) is 7.24. The van der Waals surface area contributed by atoms with Crippen molar-refractivity contribution in [3.05, 3.63) is 46.3 Å². The predicted octanol–water partition coefficient (Wildman–Crippen LogP) is 3.42. The Hall–Kier alpha value is -1.39. The van der Waals surface area contributed by atoms with Gasteiger partial charge in [0.15, 0.2) is 0 Å². The maximum atomic E-state index is 4.66. The first-order valence-corrected chi connectivity index (χ1v) is 8.24. The molecule has 0 saturated heterocycles. The Bertz CT molecular complexity index is 517. The Morgan fingerprint density at radius 1 is 1.30 bits per heavy atom. The van der Waals surface area contributed by atoms with E-state index in [-0.39, 0.29) is 0 Å². The van der Waals surface area contributed by atoms with E-state index in [1.54, 1.807) is 11.3 Å². The van der Waals surface area contributed by atoms with Gasteiger partial charge in [0.05, 0.1) is 0 Å². The number of thiophene rings is 1. The second kappa shape index (κ2) is 6.37. The fourth-order valence-corrected chi connectivity index (χ4v) is 2.98. The Kier molecular flexibility index (Phi) is 4.33. The van der Waals surface area contributed by atoms with Gasteiger partial charge in [-0.15, -0.1) is 0 Å². The summed E-state index contributed by atoms with van der Waals surface area (Å²) in [5.41, 5.74) is 2.64. The molecule has 1 aliphatic carbocycles. The number of hydrogen-bond donors (Lipinski definition) is 1. The van der Waals surface area contributed by atoms with Crippen molar-refractivity contribution < 1.29 is 0 Å². The van der Waals surface area contributed by atoms with Crippen LogP contribution in [0.2, 0.25) is 0 Å². The van der Waals surface area contributed by atoms with Gasteiger partial charge in [0.1, 0.15) is 5.82 Å². The van der Waals surface area contributed by atoms with Crippen LogP contribution in [0.1, 0.15) is 30.9 Å². The van der Waals surface area contributed by atoms with Gasteiger partial charge >= 0.3 is 0 Å². The minimum atomic E-state index is 0.682. The first-order chi connectivity index (χ1) is 9.86. The van der Waals surface area contributed by atoms with Gasteiger partial charge in [-0.3, -0.25) is 0 Å². The molecule has 0 spiro atoms. The summed E-state index contributed by atoms with van der Waals surface area (Å²) in [4.78, 5) is 7.11. The highest BCUT2D eigenvalue weighted by Gasteiger charge is 2.30. The van der Waals surface area contributed by atoms with Gasteiger partial charge in [0, 0.05) is 25.3 Å². The average molecular weight is 287 g/mol. The zero-order chi connectivity index (χ0) is 13.8. The van der Waals surface area contributed by atoms with Crippen molar-refractivity contribution in [1.29, 1.82) is 0 Å². The van der Waals surface area contributed by atoms with E-state index in [9.17, 15) is 0 Å². The molecule has 3 nitrogen and oxygen atoms in total. The maximum absolute atomic E-state index is 4.66. The van der Waals surface area contributed by atoms with E-state index >= 15 is 0 Å². The molecule has 2 aromatic rings. The number of rotatable bonds is 7. The summed E-state index contributed by atoms with van der Waals surface area (Å²) in [6.45, 7) is 5.00. The van der Waals surface area contributed by atoms with Crippen molar-refractivity contribution in [2.24, 2.45) is 0 Å². The van der Waals surface area contributed by atoms with Gasteiger partial charge < -0.3 is 10.2 Å². The maximum Gasteiger partial charge on any atom is 0.129 e. The molecular weight excluding hydrogens is 266 g/mol. The molecule has 2 heterocycles. The average Bonchev–Trinajstić information content (AvgIpc) is 3.20. The van der Waals surface area contributed by atoms with Crippen LogP contribution in [0.5, 0.6) is 0 Å². The third-order valence-corrected chi connectivity index (χ3v) is 4.34. The molecule has 0 aliphatic heterocycles. The van der Waals surface area contributed by atoms with Gasteiger partial charge in [-0.25, -0.2) is 4.98 Å². The zero-order valence-electron chi connectivity index (χ0n) is 11.9. The van der Waals surface area contributed by atoms with Crippen LogP contribution in [0.15, 0.2) is 35.2 Å². The normalized spacial score (nSPS) is 14.4. The van der Waals surface area contributed by atoms with E-state index in [0.717, 1.165) is 25.5 Å². The lowest BCUT2D eigenvalue weighted by Crippen LogP contribution is -2.25. The molecule has 1 N–H and O–H groups in total. The van der Waals surface area contributed by atoms with Crippen molar-refractivity contribution in [2.45, 2.75) is 38.9 Å². The standard InChI is InChI=1S/C16H21N3S/c1-2-17-9-13-3-6-16(18-10-13)19(15-4-5-15)11-14-7-8-20-12-14/h3,6-8,10,12,15,17H,2,4-5,9,11H2,1H3. The zero-order valence-corrected chi connectivity index (χ0v) is 12.7. The van der Waals surface area contributed by atoms with Crippen molar-refractivity contribution in [3.63, 3.8) is 0 Å². The smallest absolute Gasteiger partial charge is 0.129 e. The third kappa shape index (κ3) is 3.38. The van der Waals surface area contributed by atoms with Gasteiger partial charge in [0.25, 0.3) is 0 Å². The first kappa shape index (κ1) is 13.6. The molecule has 0 unspecified atom stereocenters. The van der Waals surface area contributed by atoms with E-state index < -0.39 is 0 Å². The van der Waals surface area contributed by atoms with Gasteiger partial charge in [-0.05, 0) is 53.4 Å². The lowest BCUT2D eigenvalue weighted by Gasteiger charge is -2.23. The molecule has 0 amide bonds. The van der Waals surface area contributed by atoms with E-state index in [4.69, 9.17) is 0 Å². The molecule has 2 aromatic heterocycles. The van der Waals surface area contributed by atoms with Crippen molar-refractivity contribution in [3.8, 4) is 0 Å². The summed E-state index contributed by atoms with van der Waals surface area (Å²) in [6.07, 6.45) is 4.59. The van der Waals surface area contributed by atoms with Crippen molar-refractivity contribution in [2.75, 3.05) is 11.4 Å². The van der Waals surface area contributed by atoms with Crippen LogP contribution in [0, 0.1) is 0 Å². The SMILES string of the molecule is CCNCc1ccc(N(Cc2ccsc2)C2CC2)nc1. The largest absolute Gasteiger partial charge is 0.349 e. The van der Waals surface area contributed by atoms with Crippen molar-refractivity contribution >= 4 is 17.2 Å². The highest BCUT2D eigenvalue weighted by molar-refractivity contribution is 7.07. The molecule has 1 fully saturated rings. The number of pyridine rings is 1. The monoisotopic (exact) mass is 287 g/mol. The van der Waals surface area contributed by atoms with E-state index in [1.165, 1.54) is 24.0 Å². The second-order valence-corrected chi connectivity index (χ2v) is 6.08. The van der Waals surface area contributed by atoms with Crippen LogP contribution in [-0.4, -0.2) is 17.6 Å². The molecule has 3 rings (SSSR count). The molecule has 0 aromatic carbocycles. The Labute approximate surface area is 124 Å². The van der Waals surface area contributed by atoms with Crippen LogP contribution in [0.25, 0.3) is 0 Å².